The number of unbranched alkanes of at least 4 members (excludes halogenated alkanes) is 1. The maximum absolute atomic E-state index is 14.6. The van der Waals surface area contributed by atoms with Gasteiger partial charge in [0, 0.05) is 37.7 Å². The summed E-state index contributed by atoms with van der Waals surface area (Å²) in [5, 5.41) is 15.5. The first-order valence-electron chi connectivity index (χ1n) is 10.5. The van der Waals surface area contributed by atoms with E-state index in [1.165, 1.54) is 6.07 Å². The molecular weight excluding hydrogens is 341 g/mol. The van der Waals surface area contributed by atoms with Gasteiger partial charge in [0.05, 0.1) is 5.60 Å². The topological polar surface area (TPSA) is 41.5 Å². The number of allylic oxidation sites excluding steroid dienone is 1. The summed E-state index contributed by atoms with van der Waals surface area (Å²) in [5.41, 5.74) is 0.885. The van der Waals surface area contributed by atoms with E-state index in [1.807, 2.05) is 12.1 Å². The molecule has 0 amide bonds. The van der Waals surface area contributed by atoms with E-state index < -0.39 is 5.60 Å². The van der Waals surface area contributed by atoms with Crippen molar-refractivity contribution in [3.8, 4) is 0 Å². The molecule has 1 aromatic carbocycles. The van der Waals surface area contributed by atoms with Crippen LogP contribution in [0.3, 0.4) is 0 Å². The highest BCUT2D eigenvalue weighted by atomic mass is 19.1. The van der Waals surface area contributed by atoms with E-state index in [-0.39, 0.29) is 17.7 Å². The first-order valence-corrected chi connectivity index (χ1v) is 10.5. The molecule has 2 aliphatic rings. The van der Waals surface area contributed by atoms with Crippen molar-refractivity contribution in [3.63, 3.8) is 0 Å². The molecule has 1 fully saturated rings. The number of piperidine rings is 1. The smallest absolute Gasteiger partial charge is 0.130 e. The van der Waals surface area contributed by atoms with Gasteiger partial charge in [0.25, 0.3) is 0 Å². The van der Waals surface area contributed by atoms with Gasteiger partial charge in [-0.3, -0.25) is 0 Å². The fraction of sp³-hybridized carbons (Fsp3) is 0.652. The predicted molar refractivity (Wildman–Crippen MR) is 108 cm³/mol. The molecule has 3 atom stereocenters. The lowest BCUT2D eigenvalue weighted by molar-refractivity contribution is -0.0712. The monoisotopic (exact) mass is 375 g/mol. The lowest BCUT2D eigenvalue weighted by Gasteiger charge is -2.46. The molecule has 0 saturated carbocycles. The Morgan fingerprint density at radius 1 is 1.22 bits per heavy atom. The molecule has 3 nitrogen and oxygen atoms in total. The van der Waals surface area contributed by atoms with Crippen LogP contribution in [0.2, 0.25) is 0 Å². The van der Waals surface area contributed by atoms with E-state index in [1.54, 1.807) is 13.2 Å². The van der Waals surface area contributed by atoms with Gasteiger partial charge in [-0.15, -0.1) is 0 Å². The Bertz CT molecular complexity index is 627. The number of hydrogen-bond donors (Lipinski definition) is 2. The summed E-state index contributed by atoms with van der Waals surface area (Å²) >= 11 is 0. The zero-order chi connectivity index (χ0) is 19.1. The Hall–Kier alpha value is -1.23. The normalized spacial score (nSPS) is 25.7. The minimum absolute atomic E-state index is 0.00408. The molecule has 0 radical (unpaired) electrons. The average molecular weight is 376 g/mol. The van der Waals surface area contributed by atoms with Gasteiger partial charge in [0.15, 0.2) is 0 Å². The second kappa shape index (κ2) is 9.81. The molecule has 0 bridgehead atoms. The van der Waals surface area contributed by atoms with E-state index in [4.69, 9.17) is 4.74 Å². The number of benzene rings is 1. The highest BCUT2D eigenvalue weighted by Gasteiger charge is 2.45. The lowest BCUT2D eigenvalue weighted by atomic mass is 9.64. The average Bonchev–Trinajstić information content (AvgIpc) is 2.72. The third kappa shape index (κ3) is 4.79. The molecule has 0 aromatic heterocycles. The van der Waals surface area contributed by atoms with Crippen molar-refractivity contribution in [1.82, 2.24) is 5.32 Å². The minimum atomic E-state index is -0.796. The van der Waals surface area contributed by atoms with Crippen LogP contribution in [0.1, 0.15) is 56.9 Å². The summed E-state index contributed by atoms with van der Waals surface area (Å²) in [6.45, 7) is 2.60. The van der Waals surface area contributed by atoms with E-state index in [0.29, 0.717) is 5.56 Å². The Labute approximate surface area is 163 Å². The van der Waals surface area contributed by atoms with Crippen molar-refractivity contribution in [3.05, 3.63) is 41.7 Å². The lowest BCUT2D eigenvalue weighted by Crippen LogP contribution is -2.51. The van der Waals surface area contributed by atoms with Crippen molar-refractivity contribution >= 4 is 5.57 Å². The van der Waals surface area contributed by atoms with Crippen molar-refractivity contribution in [2.45, 2.75) is 57.0 Å². The second-order valence-corrected chi connectivity index (χ2v) is 8.11. The summed E-state index contributed by atoms with van der Waals surface area (Å²) in [7, 11) is 1.72. The molecule has 1 aliphatic carbocycles. The first-order chi connectivity index (χ1) is 13.2. The predicted octanol–water partition coefficient (Wildman–Crippen LogP) is 4.56. The quantitative estimate of drug-likeness (QED) is 0.655. The molecule has 27 heavy (non-hydrogen) atoms. The number of rotatable bonds is 8. The summed E-state index contributed by atoms with van der Waals surface area (Å²) in [5.74, 6) is 0.0295. The van der Waals surface area contributed by atoms with Gasteiger partial charge in [-0.25, -0.2) is 4.39 Å². The third-order valence-electron chi connectivity index (χ3n) is 6.40. The van der Waals surface area contributed by atoms with Crippen molar-refractivity contribution in [2.24, 2.45) is 11.8 Å². The minimum Gasteiger partial charge on any atom is -0.389 e. The van der Waals surface area contributed by atoms with Gasteiger partial charge < -0.3 is 15.2 Å². The van der Waals surface area contributed by atoms with Crippen LogP contribution in [0.5, 0.6) is 0 Å². The largest absolute Gasteiger partial charge is 0.389 e. The molecule has 1 saturated heterocycles. The van der Waals surface area contributed by atoms with Crippen LogP contribution in [-0.2, 0) is 4.74 Å². The summed E-state index contributed by atoms with van der Waals surface area (Å²) < 4.78 is 19.8. The second-order valence-electron chi connectivity index (χ2n) is 8.11. The van der Waals surface area contributed by atoms with Crippen LogP contribution >= 0.6 is 0 Å². The number of methoxy groups -OCH3 is 1. The molecule has 1 unspecified atom stereocenters. The standard InChI is InChI=1S/C23H34FNO2/c1-27-16-7-6-14-23(26,18-9-8-15-25-17-18)21-12-4-2-10-19(21)20-11-3-5-13-22(20)24/h3,5,10-11,13,18,21,25-26H,2,4,6-9,12,14-17H2,1H3/t18-,21?,23+/m1/s1. The Kier molecular flexibility index (Phi) is 7.45. The van der Waals surface area contributed by atoms with E-state index >= 15 is 0 Å². The van der Waals surface area contributed by atoms with Gasteiger partial charge in [0.1, 0.15) is 5.82 Å². The molecule has 1 heterocycles. The number of aliphatic hydroxyl groups is 1. The van der Waals surface area contributed by atoms with Crippen LogP contribution in [0, 0.1) is 17.7 Å². The van der Waals surface area contributed by atoms with E-state index in [2.05, 4.69) is 11.4 Å². The Balaban J connectivity index is 1.89. The van der Waals surface area contributed by atoms with Gasteiger partial charge in [-0.05, 0) is 69.6 Å². The van der Waals surface area contributed by atoms with Gasteiger partial charge in [-0.2, -0.15) is 0 Å². The van der Waals surface area contributed by atoms with Crippen LogP contribution < -0.4 is 5.32 Å². The van der Waals surface area contributed by atoms with Crippen molar-refractivity contribution < 1.29 is 14.2 Å². The maximum atomic E-state index is 14.6. The summed E-state index contributed by atoms with van der Waals surface area (Å²) in [6.07, 6.45) is 9.88. The van der Waals surface area contributed by atoms with Gasteiger partial charge in [-0.1, -0.05) is 24.3 Å². The molecule has 4 heteroatoms. The van der Waals surface area contributed by atoms with Gasteiger partial charge >= 0.3 is 0 Å². The van der Waals surface area contributed by atoms with Crippen LogP contribution in [-0.4, -0.2) is 37.5 Å². The molecule has 1 aromatic rings. The zero-order valence-corrected chi connectivity index (χ0v) is 16.6. The number of ether oxygens (including phenoxy) is 1. The molecule has 150 valence electrons. The molecular formula is C23H34FNO2. The molecule has 3 rings (SSSR count). The van der Waals surface area contributed by atoms with Crippen LogP contribution in [0.15, 0.2) is 30.3 Å². The third-order valence-corrected chi connectivity index (χ3v) is 6.40. The van der Waals surface area contributed by atoms with Crippen LogP contribution in [0.25, 0.3) is 5.57 Å². The molecule has 0 spiro atoms. The highest BCUT2D eigenvalue weighted by Crippen LogP contribution is 2.47. The van der Waals surface area contributed by atoms with E-state index in [9.17, 15) is 9.50 Å². The summed E-state index contributed by atoms with van der Waals surface area (Å²) in [6, 6.07) is 7.02. The number of nitrogens with one attached hydrogen (secondary N) is 1. The zero-order valence-electron chi connectivity index (χ0n) is 16.6. The summed E-state index contributed by atoms with van der Waals surface area (Å²) in [4.78, 5) is 0. The fourth-order valence-corrected chi connectivity index (χ4v) is 4.99. The van der Waals surface area contributed by atoms with Crippen molar-refractivity contribution in [2.75, 3.05) is 26.8 Å². The molecule has 1 aliphatic heterocycles. The maximum Gasteiger partial charge on any atom is 0.130 e. The molecule has 2 N–H and O–H groups in total. The Morgan fingerprint density at radius 3 is 2.81 bits per heavy atom. The highest BCUT2D eigenvalue weighted by molar-refractivity contribution is 5.69. The fourth-order valence-electron chi connectivity index (χ4n) is 4.99. The SMILES string of the molecule is COCCCC[C@@](O)(C1CCCC=C1c1ccccc1F)[C@@H]1CCCNC1. The first kappa shape index (κ1) is 20.5. The van der Waals surface area contributed by atoms with Crippen LogP contribution in [0.4, 0.5) is 4.39 Å². The number of hydrogen-bond acceptors (Lipinski definition) is 3. The van der Waals surface area contributed by atoms with Gasteiger partial charge in [0.2, 0.25) is 0 Å². The van der Waals surface area contributed by atoms with E-state index in [0.717, 1.165) is 76.6 Å². The van der Waals surface area contributed by atoms with Crippen molar-refractivity contribution in [1.29, 1.82) is 0 Å². The Morgan fingerprint density at radius 2 is 2.07 bits per heavy atom. The number of halogens is 1.